The Bertz CT molecular complexity index is 2100. The topological polar surface area (TPSA) is 22.8 Å². The number of nitrogens with zero attached hydrogens (tertiary/aromatic N) is 3. The van der Waals surface area contributed by atoms with E-state index < -0.39 is 0 Å². The lowest BCUT2D eigenvalue weighted by Crippen LogP contribution is -1.98. The Balaban J connectivity index is 1.46. The van der Waals surface area contributed by atoms with E-state index in [2.05, 4.69) is 137 Å². The predicted octanol–water partition coefficient (Wildman–Crippen LogP) is 8.94. The number of hydrogen-bond donors (Lipinski definition) is 0. The van der Waals surface area contributed by atoms with Gasteiger partial charge in [0.25, 0.3) is 0 Å². The zero-order valence-corrected chi connectivity index (χ0v) is 20.6. The second-order valence-electron chi connectivity index (χ2n) is 9.70. The van der Waals surface area contributed by atoms with Crippen LogP contribution in [0.25, 0.3) is 66.1 Å². The smallest absolute Gasteiger partial charge is 0.137 e. The number of para-hydroxylation sites is 2. The van der Waals surface area contributed by atoms with Gasteiger partial charge in [0.05, 0.1) is 16.6 Å². The fourth-order valence-electron chi connectivity index (χ4n) is 5.86. The zero-order chi connectivity index (χ0) is 25.1. The molecule has 0 saturated heterocycles. The molecule has 8 aromatic rings. The van der Waals surface area contributed by atoms with Gasteiger partial charge in [-0.2, -0.15) is 0 Å². The summed E-state index contributed by atoms with van der Waals surface area (Å²) in [6.45, 7) is 0. The average Bonchev–Trinajstić information content (AvgIpc) is 3.58. The molecule has 0 N–H and O–H groups in total. The minimum Gasteiger partial charge on any atom is -0.317 e. The SMILES string of the molecule is c1ccc(-c2ccc(-n3c4ccccc4c4ccc5ccc6c(ccn6-c6ccccc6)c5c43)nc2)cc1. The van der Waals surface area contributed by atoms with Crippen LogP contribution in [0, 0.1) is 0 Å². The maximum atomic E-state index is 5.00. The van der Waals surface area contributed by atoms with E-state index in [0.717, 1.165) is 22.6 Å². The van der Waals surface area contributed by atoms with Crippen LogP contribution in [0.4, 0.5) is 0 Å². The number of pyridine rings is 1. The molecule has 0 amide bonds. The number of aromatic nitrogens is 3. The molecule has 3 nitrogen and oxygen atoms in total. The molecular weight excluding hydrogens is 462 g/mol. The number of hydrogen-bond acceptors (Lipinski definition) is 1. The minimum atomic E-state index is 0.919. The van der Waals surface area contributed by atoms with E-state index in [9.17, 15) is 0 Å². The fraction of sp³-hybridized carbons (Fsp3) is 0. The Hall–Kier alpha value is -5.15. The van der Waals surface area contributed by atoms with Crippen molar-refractivity contribution < 1.29 is 0 Å². The Morgan fingerprint density at radius 3 is 2.08 bits per heavy atom. The van der Waals surface area contributed by atoms with E-state index in [-0.39, 0.29) is 0 Å². The summed E-state index contributed by atoms with van der Waals surface area (Å²) in [4.78, 5) is 5.00. The van der Waals surface area contributed by atoms with Crippen molar-refractivity contribution in [2.45, 2.75) is 0 Å². The summed E-state index contributed by atoms with van der Waals surface area (Å²) < 4.78 is 4.61. The highest BCUT2D eigenvalue weighted by molar-refractivity contribution is 6.25. The molecule has 0 aliphatic carbocycles. The zero-order valence-electron chi connectivity index (χ0n) is 20.6. The molecule has 0 unspecified atom stereocenters. The van der Waals surface area contributed by atoms with Crippen molar-refractivity contribution in [2.24, 2.45) is 0 Å². The van der Waals surface area contributed by atoms with Gasteiger partial charge in [-0.25, -0.2) is 4.98 Å². The molecule has 3 heterocycles. The molecule has 38 heavy (non-hydrogen) atoms. The van der Waals surface area contributed by atoms with E-state index in [1.165, 1.54) is 43.5 Å². The van der Waals surface area contributed by atoms with Crippen LogP contribution < -0.4 is 0 Å². The van der Waals surface area contributed by atoms with Crippen LogP contribution in [-0.2, 0) is 0 Å². The highest BCUT2D eigenvalue weighted by Gasteiger charge is 2.18. The normalized spacial score (nSPS) is 11.7. The van der Waals surface area contributed by atoms with Crippen LogP contribution in [-0.4, -0.2) is 14.1 Å². The van der Waals surface area contributed by atoms with Gasteiger partial charge in [0.1, 0.15) is 5.82 Å². The molecule has 0 aliphatic heterocycles. The number of rotatable bonds is 3. The molecule has 178 valence electrons. The summed E-state index contributed by atoms with van der Waals surface area (Å²) >= 11 is 0. The molecule has 0 saturated carbocycles. The molecule has 0 radical (unpaired) electrons. The standard InChI is InChI=1S/C35H23N3/c1-3-9-24(10-4-1)26-17-20-33(36-23-26)38-32-14-8-7-13-28(32)29-18-15-25-16-19-31-30(34(25)35(29)38)21-22-37(31)27-11-5-2-6-12-27/h1-23H. The summed E-state index contributed by atoms with van der Waals surface area (Å²) in [5.74, 6) is 0.919. The van der Waals surface area contributed by atoms with E-state index in [1.807, 2.05) is 12.3 Å². The van der Waals surface area contributed by atoms with Gasteiger partial charge < -0.3 is 4.57 Å². The minimum absolute atomic E-state index is 0.919. The molecule has 0 aliphatic rings. The lowest BCUT2D eigenvalue weighted by molar-refractivity contribution is 1.09. The first kappa shape index (κ1) is 21.0. The van der Waals surface area contributed by atoms with Gasteiger partial charge in [0, 0.05) is 45.2 Å². The third-order valence-corrected chi connectivity index (χ3v) is 7.60. The average molecular weight is 486 g/mol. The number of benzene rings is 5. The molecule has 0 atom stereocenters. The summed E-state index contributed by atoms with van der Waals surface area (Å²) in [5.41, 5.74) is 6.99. The van der Waals surface area contributed by atoms with E-state index in [1.54, 1.807) is 0 Å². The van der Waals surface area contributed by atoms with Crippen LogP contribution in [0.5, 0.6) is 0 Å². The Morgan fingerprint density at radius 2 is 1.26 bits per heavy atom. The molecule has 5 aromatic carbocycles. The van der Waals surface area contributed by atoms with Crippen LogP contribution in [0.3, 0.4) is 0 Å². The first-order valence-corrected chi connectivity index (χ1v) is 12.9. The quantitative estimate of drug-likeness (QED) is 0.245. The first-order valence-electron chi connectivity index (χ1n) is 12.9. The largest absolute Gasteiger partial charge is 0.317 e. The molecule has 0 fully saturated rings. The summed E-state index contributed by atoms with van der Waals surface area (Å²) in [7, 11) is 0. The van der Waals surface area contributed by atoms with Crippen molar-refractivity contribution in [3.05, 3.63) is 140 Å². The van der Waals surface area contributed by atoms with Gasteiger partial charge in [0.15, 0.2) is 0 Å². The predicted molar refractivity (Wildman–Crippen MR) is 158 cm³/mol. The van der Waals surface area contributed by atoms with Crippen LogP contribution >= 0.6 is 0 Å². The van der Waals surface area contributed by atoms with E-state index in [0.29, 0.717) is 0 Å². The van der Waals surface area contributed by atoms with Crippen molar-refractivity contribution in [1.82, 2.24) is 14.1 Å². The molecule has 3 aromatic heterocycles. The van der Waals surface area contributed by atoms with Crippen molar-refractivity contribution in [3.8, 4) is 22.6 Å². The lowest BCUT2D eigenvalue weighted by atomic mass is 10.0. The van der Waals surface area contributed by atoms with Crippen molar-refractivity contribution in [2.75, 3.05) is 0 Å². The maximum Gasteiger partial charge on any atom is 0.137 e. The van der Waals surface area contributed by atoms with Gasteiger partial charge in [-0.1, -0.05) is 84.9 Å². The van der Waals surface area contributed by atoms with Gasteiger partial charge >= 0.3 is 0 Å². The Morgan fingerprint density at radius 1 is 0.500 bits per heavy atom. The van der Waals surface area contributed by atoms with Gasteiger partial charge in [-0.05, 0) is 53.4 Å². The lowest BCUT2D eigenvalue weighted by Gasteiger charge is -2.11. The second kappa shape index (κ2) is 8.19. The molecule has 8 rings (SSSR count). The Kier molecular flexibility index (Phi) is 4.52. The second-order valence-corrected chi connectivity index (χ2v) is 9.70. The summed E-state index contributed by atoms with van der Waals surface area (Å²) in [6, 6.07) is 45.1. The monoisotopic (exact) mass is 485 g/mol. The highest BCUT2D eigenvalue weighted by atomic mass is 15.1. The summed E-state index contributed by atoms with van der Waals surface area (Å²) in [6.07, 6.45) is 4.16. The van der Waals surface area contributed by atoms with E-state index >= 15 is 0 Å². The van der Waals surface area contributed by atoms with Crippen LogP contribution in [0.2, 0.25) is 0 Å². The van der Waals surface area contributed by atoms with E-state index in [4.69, 9.17) is 4.98 Å². The molecule has 0 spiro atoms. The first-order chi connectivity index (χ1) is 18.9. The van der Waals surface area contributed by atoms with Crippen LogP contribution in [0.15, 0.2) is 140 Å². The third-order valence-electron chi connectivity index (χ3n) is 7.60. The Labute approximate surface area is 219 Å². The molecular formula is C35H23N3. The van der Waals surface area contributed by atoms with Crippen LogP contribution in [0.1, 0.15) is 0 Å². The maximum absolute atomic E-state index is 5.00. The molecule has 3 heteroatoms. The van der Waals surface area contributed by atoms with Crippen molar-refractivity contribution in [3.63, 3.8) is 0 Å². The third kappa shape index (κ3) is 3.06. The molecule has 0 bridgehead atoms. The highest BCUT2D eigenvalue weighted by Crippen LogP contribution is 2.40. The van der Waals surface area contributed by atoms with Crippen molar-refractivity contribution >= 4 is 43.5 Å². The van der Waals surface area contributed by atoms with Gasteiger partial charge in [-0.3, -0.25) is 4.57 Å². The van der Waals surface area contributed by atoms with Gasteiger partial charge in [-0.15, -0.1) is 0 Å². The van der Waals surface area contributed by atoms with Gasteiger partial charge in [0.2, 0.25) is 0 Å². The van der Waals surface area contributed by atoms with Crippen molar-refractivity contribution in [1.29, 1.82) is 0 Å². The summed E-state index contributed by atoms with van der Waals surface area (Å²) in [5, 5.41) is 6.18. The fourth-order valence-corrected chi connectivity index (χ4v) is 5.86. The number of fused-ring (bicyclic) bond motifs is 7.